The lowest BCUT2D eigenvalue weighted by molar-refractivity contribution is 0.0999. The molecule has 168 valence electrons. The molecule has 0 saturated heterocycles. The number of aryl methyl sites for hydroxylation is 1. The Labute approximate surface area is 193 Å². The van der Waals surface area contributed by atoms with Crippen LogP contribution in [0.2, 0.25) is 0 Å². The van der Waals surface area contributed by atoms with Crippen LogP contribution in [-0.4, -0.2) is 17.0 Å². The fraction of sp³-hybridized carbons (Fsp3) is 0.0385. The van der Waals surface area contributed by atoms with E-state index < -0.39 is 17.6 Å². The lowest BCUT2D eigenvalue weighted by Gasteiger charge is -2.08. The van der Waals surface area contributed by atoms with E-state index >= 15 is 0 Å². The Bertz CT molecular complexity index is 1500. The number of amides is 2. The Morgan fingerprint density at radius 2 is 1.56 bits per heavy atom. The monoisotopic (exact) mass is 455 g/mol. The third-order valence-electron chi connectivity index (χ3n) is 5.27. The maximum Gasteiger partial charge on any atom is 0.293 e. The number of anilines is 2. The summed E-state index contributed by atoms with van der Waals surface area (Å²) < 4.78 is 24.4. The van der Waals surface area contributed by atoms with Gasteiger partial charge in [-0.1, -0.05) is 47.6 Å². The Kier molecular flexibility index (Phi) is 5.39. The van der Waals surface area contributed by atoms with Crippen molar-refractivity contribution in [2.45, 2.75) is 6.92 Å². The molecule has 2 heterocycles. The highest BCUT2D eigenvalue weighted by Crippen LogP contribution is 2.33. The number of hydrogen-bond acceptors (Lipinski definition) is 5. The molecule has 0 spiro atoms. The number of aromatic nitrogens is 1. The molecule has 0 aliphatic carbocycles. The van der Waals surface area contributed by atoms with Crippen LogP contribution in [0.4, 0.5) is 15.8 Å². The average Bonchev–Trinajstić information content (AvgIpc) is 3.42. The molecule has 2 N–H and O–H groups in total. The number of fused-ring (bicyclic) bond motifs is 1. The molecular weight excluding hydrogens is 437 g/mol. The molecule has 2 amide bonds. The van der Waals surface area contributed by atoms with Crippen LogP contribution in [0.1, 0.15) is 26.6 Å². The Balaban J connectivity index is 1.52. The molecule has 0 bridgehead atoms. The van der Waals surface area contributed by atoms with E-state index in [0.29, 0.717) is 33.7 Å². The molecule has 7 nitrogen and oxygen atoms in total. The highest BCUT2D eigenvalue weighted by Gasteiger charge is 2.27. The van der Waals surface area contributed by atoms with E-state index in [2.05, 4.69) is 15.8 Å². The van der Waals surface area contributed by atoms with Gasteiger partial charge in [-0.05, 0) is 43.3 Å². The van der Waals surface area contributed by atoms with Crippen molar-refractivity contribution < 1.29 is 22.9 Å². The number of nitrogens with one attached hydrogen (secondary N) is 2. The van der Waals surface area contributed by atoms with Gasteiger partial charge in [-0.25, -0.2) is 4.39 Å². The van der Waals surface area contributed by atoms with Crippen LogP contribution in [0.5, 0.6) is 0 Å². The Morgan fingerprint density at radius 1 is 0.853 bits per heavy atom. The summed E-state index contributed by atoms with van der Waals surface area (Å²) in [5.41, 5.74) is 2.36. The second kappa shape index (κ2) is 8.67. The van der Waals surface area contributed by atoms with Gasteiger partial charge in [-0.3, -0.25) is 9.59 Å². The van der Waals surface area contributed by atoms with Gasteiger partial charge >= 0.3 is 0 Å². The first kappa shape index (κ1) is 21.1. The van der Waals surface area contributed by atoms with Gasteiger partial charge in [0.2, 0.25) is 5.76 Å². The van der Waals surface area contributed by atoms with Crippen molar-refractivity contribution in [1.82, 2.24) is 5.16 Å². The van der Waals surface area contributed by atoms with E-state index in [0.717, 1.165) is 0 Å². The van der Waals surface area contributed by atoms with Crippen molar-refractivity contribution in [3.8, 4) is 11.3 Å². The Hall–Kier alpha value is -4.72. The zero-order valence-electron chi connectivity index (χ0n) is 18.0. The smallest absolute Gasteiger partial charge is 0.293 e. The predicted molar refractivity (Wildman–Crippen MR) is 125 cm³/mol. The van der Waals surface area contributed by atoms with Gasteiger partial charge in [-0.2, -0.15) is 0 Å². The highest BCUT2D eigenvalue weighted by atomic mass is 19.1. The lowest BCUT2D eigenvalue weighted by atomic mass is 10.1. The molecule has 0 aliphatic rings. The maximum atomic E-state index is 13.4. The molecule has 0 radical (unpaired) electrons. The standard InChI is InChI=1S/C26H18FN3O4/c1-15-21(23(34-30-15)16-7-3-2-4-8-16)25(31)29-22-19-9-5-6-10-20(19)33-24(22)26(32)28-18-13-11-17(27)12-14-18/h2-14H,1H3,(H,28,32)(H,29,31). The summed E-state index contributed by atoms with van der Waals surface area (Å²) in [7, 11) is 0. The molecule has 0 aliphatic heterocycles. The number of halogens is 1. The summed E-state index contributed by atoms with van der Waals surface area (Å²) in [6, 6.07) is 21.4. The molecule has 2 aromatic heterocycles. The number of para-hydroxylation sites is 1. The van der Waals surface area contributed by atoms with Crippen LogP contribution in [0.15, 0.2) is 87.8 Å². The largest absolute Gasteiger partial charge is 0.449 e. The first-order valence-corrected chi connectivity index (χ1v) is 10.4. The maximum absolute atomic E-state index is 13.4. The third kappa shape index (κ3) is 3.93. The second-order valence-electron chi connectivity index (χ2n) is 7.56. The number of furan rings is 1. The molecule has 0 fully saturated rings. The molecule has 8 heteroatoms. The van der Waals surface area contributed by atoms with Crippen molar-refractivity contribution in [3.05, 3.63) is 102 Å². The highest BCUT2D eigenvalue weighted by molar-refractivity contribution is 6.18. The van der Waals surface area contributed by atoms with Gasteiger partial charge < -0.3 is 19.6 Å². The lowest BCUT2D eigenvalue weighted by Crippen LogP contribution is -2.18. The molecule has 3 aromatic carbocycles. The van der Waals surface area contributed by atoms with Gasteiger partial charge in [0.15, 0.2) is 5.76 Å². The van der Waals surface area contributed by atoms with Crippen LogP contribution in [0.3, 0.4) is 0 Å². The van der Waals surface area contributed by atoms with Gasteiger partial charge in [0.1, 0.15) is 22.7 Å². The molecule has 0 saturated carbocycles. The van der Waals surface area contributed by atoms with Gasteiger partial charge in [0, 0.05) is 16.6 Å². The first-order valence-electron chi connectivity index (χ1n) is 10.4. The minimum atomic E-state index is -0.594. The number of rotatable bonds is 5. The zero-order chi connectivity index (χ0) is 23.7. The molecule has 5 aromatic rings. The van der Waals surface area contributed by atoms with E-state index in [1.807, 2.05) is 30.3 Å². The first-order chi connectivity index (χ1) is 16.5. The second-order valence-corrected chi connectivity index (χ2v) is 7.56. The van der Waals surface area contributed by atoms with Crippen LogP contribution >= 0.6 is 0 Å². The number of carbonyl (C=O) groups excluding carboxylic acids is 2. The SMILES string of the molecule is Cc1noc(-c2ccccc2)c1C(=O)Nc1c(C(=O)Nc2ccc(F)cc2)oc2ccccc12. The number of nitrogens with zero attached hydrogens (tertiary/aromatic N) is 1. The summed E-state index contributed by atoms with van der Waals surface area (Å²) in [6.45, 7) is 1.67. The van der Waals surface area contributed by atoms with Crippen LogP contribution in [0, 0.1) is 12.7 Å². The van der Waals surface area contributed by atoms with Crippen LogP contribution < -0.4 is 10.6 Å². The summed E-state index contributed by atoms with van der Waals surface area (Å²) in [4.78, 5) is 26.4. The zero-order valence-corrected chi connectivity index (χ0v) is 18.0. The van der Waals surface area contributed by atoms with Gasteiger partial charge in [-0.15, -0.1) is 0 Å². The van der Waals surface area contributed by atoms with Crippen molar-refractivity contribution in [2.75, 3.05) is 10.6 Å². The van der Waals surface area contributed by atoms with Crippen LogP contribution in [-0.2, 0) is 0 Å². The van der Waals surface area contributed by atoms with Crippen LogP contribution in [0.25, 0.3) is 22.3 Å². The van der Waals surface area contributed by atoms with E-state index in [9.17, 15) is 14.0 Å². The fourth-order valence-electron chi connectivity index (χ4n) is 3.65. The van der Waals surface area contributed by atoms with E-state index in [-0.39, 0.29) is 17.0 Å². The van der Waals surface area contributed by atoms with Gasteiger partial charge in [0.25, 0.3) is 11.8 Å². The summed E-state index contributed by atoms with van der Waals surface area (Å²) >= 11 is 0. The molecular formula is C26H18FN3O4. The molecule has 5 rings (SSSR count). The van der Waals surface area contributed by atoms with Gasteiger partial charge in [0.05, 0.1) is 5.69 Å². The third-order valence-corrected chi connectivity index (χ3v) is 5.27. The van der Waals surface area contributed by atoms with Crippen molar-refractivity contribution >= 4 is 34.2 Å². The molecule has 0 unspecified atom stereocenters. The number of carbonyl (C=O) groups is 2. The quantitative estimate of drug-likeness (QED) is 0.337. The van der Waals surface area contributed by atoms with E-state index in [4.69, 9.17) is 8.94 Å². The van der Waals surface area contributed by atoms with Crippen molar-refractivity contribution in [1.29, 1.82) is 0 Å². The van der Waals surface area contributed by atoms with E-state index in [1.54, 1.807) is 31.2 Å². The topological polar surface area (TPSA) is 97.4 Å². The molecule has 0 atom stereocenters. The summed E-state index contributed by atoms with van der Waals surface area (Å²) in [5.74, 6) is -1.29. The average molecular weight is 455 g/mol. The Morgan fingerprint density at radius 3 is 2.32 bits per heavy atom. The minimum Gasteiger partial charge on any atom is -0.449 e. The minimum absolute atomic E-state index is 0.0887. The van der Waals surface area contributed by atoms with Crippen molar-refractivity contribution in [2.24, 2.45) is 0 Å². The summed E-state index contributed by atoms with van der Waals surface area (Å²) in [6.07, 6.45) is 0. The molecule has 34 heavy (non-hydrogen) atoms. The number of hydrogen-bond donors (Lipinski definition) is 2. The fourth-order valence-corrected chi connectivity index (χ4v) is 3.65. The normalized spacial score (nSPS) is 10.9. The number of benzene rings is 3. The summed E-state index contributed by atoms with van der Waals surface area (Å²) in [5, 5.41) is 9.98. The van der Waals surface area contributed by atoms with E-state index in [1.165, 1.54) is 24.3 Å². The predicted octanol–water partition coefficient (Wildman–Crippen LogP) is 6.04. The van der Waals surface area contributed by atoms with Crippen molar-refractivity contribution in [3.63, 3.8) is 0 Å².